The van der Waals surface area contributed by atoms with E-state index in [0.29, 0.717) is 12.1 Å². The lowest BCUT2D eigenvalue weighted by atomic mass is 10.0. The summed E-state index contributed by atoms with van der Waals surface area (Å²) in [6.07, 6.45) is 0.384. The predicted octanol–water partition coefficient (Wildman–Crippen LogP) is 4.13. The molecule has 1 amide bonds. The molecule has 3 aromatic rings. The SMILES string of the molecule is COc1ccc(CNC(=O)CCC(=O)c2ccc3ccccc3c2)cc1. The number of rotatable bonds is 7. The third kappa shape index (κ3) is 4.48. The van der Waals surface area contributed by atoms with Gasteiger partial charge in [-0.2, -0.15) is 0 Å². The minimum atomic E-state index is -0.130. The molecule has 3 aromatic carbocycles. The third-order valence-electron chi connectivity index (χ3n) is 4.30. The van der Waals surface area contributed by atoms with E-state index in [1.54, 1.807) is 7.11 Å². The van der Waals surface area contributed by atoms with Gasteiger partial charge >= 0.3 is 0 Å². The zero-order valence-corrected chi connectivity index (χ0v) is 14.7. The van der Waals surface area contributed by atoms with E-state index < -0.39 is 0 Å². The molecule has 26 heavy (non-hydrogen) atoms. The number of fused-ring (bicyclic) bond motifs is 1. The van der Waals surface area contributed by atoms with Crippen molar-refractivity contribution in [3.05, 3.63) is 77.9 Å². The van der Waals surface area contributed by atoms with Gasteiger partial charge in [-0.15, -0.1) is 0 Å². The second kappa shape index (κ2) is 8.30. The summed E-state index contributed by atoms with van der Waals surface area (Å²) >= 11 is 0. The Balaban J connectivity index is 1.50. The molecule has 0 heterocycles. The molecule has 0 aliphatic carbocycles. The molecule has 0 unspecified atom stereocenters. The quantitative estimate of drug-likeness (QED) is 0.654. The summed E-state index contributed by atoms with van der Waals surface area (Å²) in [5.74, 6) is 0.631. The lowest BCUT2D eigenvalue weighted by molar-refractivity contribution is -0.121. The van der Waals surface area contributed by atoms with Crippen molar-refractivity contribution in [2.45, 2.75) is 19.4 Å². The Hall–Kier alpha value is -3.14. The third-order valence-corrected chi connectivity index (χ3v) is 4.30. The predicted molar refractivity (Wildman–Crippen MR) is 102 cm³/mol. The van der Waals surface area contributed by atoms with Gasteiger partial charge < -0.3 is 10.1 Å². The van der Waals surface area contributed by atoms with Crippen molar-refractivity contribution in [3.63, 3.8) is 0 Å². The van der Waals surface area contributed by atoms with Crippen molar-refractivity contribution in [2.75, 3.05) is 7.11 Å². The highest BCUT2D eigenvalue weighted by Crippen LogP contribution is 2.17. The molecule has 1 N–H and O–H groups in total. The number of Topliss-reactive ketones (excluding diaryl/α,β-unsaturated/α-hetero) is 1. The van der Waals surface area contributed by atoms with Crippen LogP contribution in [0.1, 0.15) is 28.8 Å². The molecule has 0 bridgehead atoms. The highest BCUT2D eigenvalue weighted by atomic mass is 16.5. The molecule has 3 rings (SSSR count). The number of carbonyl (C=O) groups excluding carboxylic acids is 2. The lowest BCUT2D eigenvalue weighted by Crippen LogP contribution is -2.23. The summed E-state index contributed by atoms with van der Waals surface area (Å²) in [5, 5.41) is 4.97. The van der Waals surface area contributed by atoms with Crippen LogP contribution < -0.4 is 10.1 Å². The van der Waals surface area contributed by atoms with Gasteiger partial charge in [0.2, 0.25) is 5.91 Å². The standard InChI is InChI=1S/C22H21NO3/c1-26-20-10-6-16(7-11-20)15-23-22(25)13-12-21(24)19-9-8-17-4-2-3-5-18(17)14-19/h2-11,14H,12-13,15H2,1H3,(H,23,25). The van der Waals surface area contributed by atoms with Gasteiger partial charge in [-0.05, 0) is 34.5 Å². The smallest absolute Gasteiger partial charge is 0.220 e. The molecule has 0 spiro atoms. The largest absolute Gasteiger partial charge is 0.497 e. The van der Waals surface area contributed by atoms with Crippen LogP contribution in [0.4, 0.5) is 0 Å². The number of hydrogen-bond donors (Lipinski definition) is 1. The van der Waals surface area contributed by atoms with E-state index in [9.17, 15) is 9.59 Å². The molecule has 0 aliphatic heterocycles. The molecule has 0 saturated carbocycles. The van der Waals surface area contributed by atoms with Crippen LogP contribution in [-0.4, -0.2) is 18.8 Å². The maximum Gasteiger partial charge on any atom is 0.220 e. The van der Waals surface area contributed by atoms with Gasteiger partial charge in [0.25, 0.3) is 0 Å². The summed E-state index contributed by atoms with van der Waals surface area (Å²) in [6, 6.07) is 21.1. The number of amides is 1. The maximum atomic E-state index is 12.3. The van der Waals surface area contributed by atoms with Crippen LogP contribution in [0.5, 0.6) is 5.75 Å². The minimum Gasteiger partial charge on any atom is -0.497 e. The molecule has 0 fully saturated rings. The molecule has 0 aromatic heterocycles. The summed E-state index contributed by atoms with van der Waals surface area (Å²) in [6.45, 7) is 0.437. The van der Waals surface area contributed by atoms with E-state index in [-0.39, 0.29) is 24.5 Å². The Bertz CT molecular complexity index is 916. The first-order valence-corrected chi connectivity index (χ1v) is 8.57. The van der Waals surface area contributed by atoms with Crippen molar-refractivity contribution in [1.82, 2.24) is 5.32 Å². The number of hydrogen-bond acceptors (Lipinski definition) is 3. The Labute approximate surface area is 152 Å². The summed E-state index contributed by atoms with van der Waals surface area (Å²) in [7, 11) is 1.61. The number of carbonyl (C=O) groups is 2. The van der Waals surface area contributed by atoms with Crippen LogP contribution in [-0.2, 0) is 11.3 Å². The van der Waals surface area contributed by atoms with Gasteiger partial charge in [0.15, 0.2) is 5.78 Å². The van der Waals surface area contributed by atoms with Crippen molar-refractivity contribution < 1.29 is 14.3 Å². The van der Waals surface area contributed by atoms with E-state index in [2.05, 4.69) is 5.32 Å². The average Bonchev–Trinajstić information content (AvgIpc) is 2.70. The van der Waals surface area contributed by atoms with Gasteiger partial charge in [-0.3, -0.25) is 9.59 Å². The zero-order valence-electron chi connectivity index (χ0n) is 14.7. The molecule has 4 nitrogen and oxygen atoms in total. The molecule has 4 heteroatoms. The van der Waals surface area contributed by atoms with Crippen LogP contribution >= 0.6 is 0 Å². The van der Waals surface area contributed by atoms with E-state index in [4.69, 9.17) is 4.74 Å². The van der Waals surface area contributed by atoms with Gasteiger partial charge in [-0.1, -0.05) is 48.5 Å². The Kier molecular flexibility index (Phi) is 5.64. The number of methoxy groups -OCH3 is 1. The summed E-state index contributed by atoms with van der Waals surface area (Å²) < 4.78 is 5.10. The number of nitrogens with one attached hydrogen (secondary N) is 1. The first-order valence-electron chi connectivity index (χ1n) is 8.57. The van der Waals surface area contributed by atoms with Crippen LogP contribution in [0.15, 0.2) is 66.7 Å². The van der Waals surface area contributed by atoms with E-state index in [1.807, 2.05) is 66.7 Å². The molecule has 0 atom stereocenters. The fraction of sp³-hybridized carbons (Fsp3) is 0.182. The van der Waals surface area contributed by atoms with Crippen molar-refractivity contribution >= 4 is 22.5 Å². The first kappa shape index (κ1) is 17.7. The molecule has 0 aliphatic rings. The number of ketones is 1. The lowest BCUT2D eigenvalue weighted by Gasteiger charge is -2.07. The summed E-state index contributed by atoms with van der Waals surface area (Å²) in [5.41, 5.74) is 1.63. The van der Waals surface area contributed by atoms with Gasteiger partial charge in [0, 0.05) is 24.9 Å². The normalized spacial score (nSPS) is 10.5. The highest BCUT2D eigenvalue weighted by molar-refractivity contribution is 6.01. The van der Waals surface area contributed by atoms with Crippen LogP contribution in [0.3, 0.4) is 0 Å². The van der Waals surface area contributed by atoms with Crippen LogP contribution in [0, 0.1) is 0 Å². The molecular formula is C22H21NO3. The van der Waals surface area contributed by atoms with Gasteiger partial charge in [-0.25, -0.2) is 0 Å². The van der Waals surface area contributed by atoms with Crippen molar-refractivity contribution in [2.24, 2.45) is 0 Å². The average molecular weight is 347 g/mol. The second-order valence-electron chi connectivity index (χ2n) is 6.11. The molecule has 0 saturated heterocycles. The fourth-order valence-electron chi connectivity index (χ4n) is 2.77. The number of ether oxygens (including phenoxy) is 1. The Morgan fingerprint density at radius 3 is 2.35 bits per heavy atom. The molecule has 0 radical (unpaired) electrons. The Morgan fingerprint density at radius 2 is 1.62 bits per heavy atom. The van der Waals surface area contributed by atoms with Gasteiger partial charge in [0.05, 0.1) is 7.11 Å². The first-order chi connectivity index (χ1) is 12.7. The monoisotopic (exact) mass is 347 g/mol. The van der Waals surface area contributed by atoms with Crippen molar-refractivity contribution in [1.29, 1.82) is 0 Å². The van der Waals surface area contributed by atoms with Gasteiger partial charge in [0.1, 0.15) is 5.75 Å². The van der Waals surface area contributed by atoms with E-state index in [0.717, 1.165) is 22.1 Å². The highest BCUT2D eigenvalue weighted by Gasteiger charge is 2.10. The maximum absolute atomic E-state index is 12.3. The fourth-order valence-corrected chi connectivity index (χ4v) is 2.77. The Morgan fingerprint density at radius 1 is 0.885 bits per heavy atom. The topological polar surface area (TPSA) is 55.4 Å². The summed E-state index contributed by atoms with van der Waals surface area (Å²) in [4.78, 5) is 24.3. The number of benzene rings is 3. The zero-order chi connectivity index (χ0) is 18.4. The van der Waals surface area contributed by atoms with Crippen LogP contribution in [0.25, 0.3) is 10.8 Å². The van der Waals surface area contributed by atoms with E-state index >= 15 is 0 Å². The molecular weight excluding hydrogens is 326 g/mol. The minimum absolute atomic E-state index is 0.0182. The second-order valence-corrected chi connectivity index (χ2v) is 6.11. The van der Waals surface area contributed by atoms with E-state index in [1.165, 1.54) is 0 Å². The van der Waals surface area contributed by atoms with Crippen LogP contribution in [0.2, 0.25) is 0 Å². The van der Waals surface area contributed by atoms with Crippen molar-refractivity contribution in [3.8, 4) is 5.75 Å². The molecule has 132 valence electrons.